The first kappa shape index (κ1) is 15.7. The summed E-state index contributed by atoms with van der Waals surface area (Å²) in [5.41, 5.74) is 8.22. The van der Waals surface area contributed by atoms with Crippen molar-refractivity contribution in [1.82, 2.24) is 14.8 Å². The fourth-order valence-corrected chi connectivity index (χ4v) is 2.24. The van der Waals surface area contributed by atoms with E-state index < -0.39 is 0 Å². The minimum Gasteiger partial charge on any atom is -0.383 e. The SMILES string of the molecule is COCCn1c(CN)nnc1-c1ccc(C(C)(C)C)cc1. The van der Waals surface area contributed by atoms with E-state index in [-0.39, 0.29) is 5.41 Å². The first-order valence-electron chi connectivity index (χ1n) is 7.19. The largest absolute Gasteiger partial charge is 0.383 e. The maximum Gasteiger partial charge on any atom is 0.164 e. The highest BCUT2D eigenvalue weighted by Crippen LogP contribution is 2.25. The molecule has 1 aromatic carbocycles. The number of nitrogens with two attached hydrogens (primary N) is 1. The molecule has 5 heteroatoms. The monoisotopic (exact) mass is 288 g/mol. The smallest absolute Gasteiger partial charge is 0.164 e. The van der Waals surface area contributed by atoms with E-state index in [1.165, 1.54) is 5.56 Å². The van der Waals surface area contributed by atoms with E-state index in [1.807, 2.05) is 4.57 Å². The standard InChI is InChI=1S/C16H24N4O/c1-16(2,3)13-7-5-12(6-8-13)15-19-18-14(11-17)20(15)9-10-21-4/h5-8H,9-11,17H2,1-4H3. The average Bonchev–Trinajstić information content (AvgIpc) is 2.87. The second-order valence-electron chi connectivity index (χ2n) is 6.12. The number of benzene rings is 1. The quantitative estimate of drug-likeness (QED) is 0.917. The molecule has 21 heavy (non-hydrogen) atoms. The number of methoxy groups -OCH3 is 1. The first-order chi connectivity index (χ1) is 9.97. The van der Waals surface area contributed by atoms with Gasteiger partial charge in [-0.05, 0) is 11.0 Å². The van der Waals surface area contributed by atoms with Crippen molar-refractivity contribution >= 4 is 0 Å². The van der Waals surface area contributed by atoms with Crippen molar-refractivity contribution in [1.29, 1.82) is 0 Å². The maximum absolute atomic E-state index is 5.73. The molecule has 1 heterocycles. The predicted octanol–water partition coefficient (Wildman–Crippen LogP) is 2.35. The van der Waals surface area contributed by atoms with Crippen LogP contribution >= 0.6 is 0 Å². The van der Waals surface area contributed by atoms with Crippen LogP contribution in [0.1, 0.15) is 32.2 Å². The van der Waals surface area contributed by atoms with Crippen LogP contribution in [0.3, 0.4) is 0 Å². The van der Waals surface area contributed by atoms with Gasteiger partial charge in [-0.15, -0.1) is 10.2 Å². The topological polar surface area (TPSA) is 66.0 Å². The highest BCUT2D eigenvalue weighted by Gasteiger charge is 2.16. The third kappa shape index (κ3) is 3.49. The van der Waals surface area contributed by atoms with E-state index in [9.17, 15) is 0 Å². The molecule has 0 aliphatic rings. The molecule has 0 spiro atoms. The lowest BCUT2D eigenvalue weighted by Gasteiger charge is -2.19. The Morgan fingerprint density at radius 2 is 1.81 bits per heavy atom. The van der Waals surface area contributed by atoms with Crippen LogP contribution in [0.4, 0.5) is 0 Å². The molecule has 2 rings (SSSR count). The molecule has 0 unspecified atom stereocenters. The van der Waals surface area contributed by atoms with Gasteiger partial charge >= 0.3 is 0 Å². The zero-order valence-corrected chi connectivity index (χ0v) is 13.3. The molecule has 0 saturated carbocycles. The molecule has 5 nitrogen and oxygen atoms in total. The van der Waals surface area contributed by atoms with Crippen LogP contribution in [0, 0.1) is 0 Å². The van der Waals surface area contributed by atoms with Crippen molar-refractivity contribution in [2.75, 3.05) is 13.7 Å². The van der Waals surface area contributed by atoms with Gasteiger partial charge in [-0.2, -0.15) is 0 Å². The fourth-order valence-electron chi connectivity index (χ4n) is 2.24. The van der Waals surface area contributed by atoms with Crippen LogP contribution in [0.25, 0.3) is 11.4 Å². The maximum atomic E-state index is 5.73. The van der Waals surface area contributed by atoms with Gasteiger partial charge in [0.05, 0.1) is 13.2 Å². The summed E-state index contributed by atoms with van der Waals surface area (Å²) in [6, 6.07) is 8.47. The highest BCUT2D eigenvalue weighted by molar-refractivity contribution is 5.56. The lowest BCUT2D eigenvalue weighted by atomic mass is 9.87. The Labute approximate surface area is 126 Å². The van der Waals surface area contributed by atoms with E-state index in [2.05, 4.69) is 55.2 Å². The Kier molecular flexibility index (Phi) is 4.75. The van der Waals surface area contributed by atoms with Gasteiger partial charge in [0, 0.05) is 19.2 Å². The number of rotatable bonds is 5. The molecule has 0 fully saturated rings. The molecule has 0 bridgehead atoms. The number of nitrogens with zero attached hydrogens (tertiary/aromatic N) is 3. The molecule has 0 amide bonds. The van der Waals surface area contributed by atoms with Gasteiger partial charge in [-0.1, -0.05) is 45.0 Å². The minimum atomic E-state index is 0.144. The number of hydrogen-bond acceptors (Lipinski definition) is 4. The molecule has 0 aliphatic carbocycles. The lowest BCUT2D eigenvalue weighted by molar-refractivity contribution is 0.186. The van der Waals surface area contributed by atoms with Gasteiger partial charge in [0.15, 0.2) is 5.82 Å². The summed E-state index contributed by atoms with van der Waals surface area (Å²) in [4.78, 5) is 0. The number of ether oxygens (including phenoxy) is 1. The third-order valence-corrected chi connectivity index (χ3v) is 3.54. The van der Waals surface area contributed by atoms with E-state index in [0.717, 1.165) is 17.2 Å². The van der Waals surface area contributed by atoms with E-state index in [0.29, 0.717) is 19.7 Å². The van der Waals surface area contributed by atoms with Crippen LogP contribution in [-0.4, -0.2) is 28.5 Å². The van der Waals surface area contributed by atoms with E-state index in [1.54, 1.807) is 7.11 Å². The van der Waals surface area contributed by atoms with Crippen molar-refractivity contribution < 1.29 is 4.74 Å². The average molecular weight is 288 g/mol. The second-order valence-corrected chi connectivity index (χ2v) is 6.12. The molecular formula is C16H24N4O. The summed E-state index contributed by atoms with van der Waals surface area (Å²) in [5.74, 6) is 1.62. The summed E-state index contributed by atoms with van der Waals surface area (Å²) in [6.07, 6.45) is 0. The molecular weight excluding hydrogens is 264 g/mol. The first-order valence-corrected chi connectivity index (χ1v) is 7.19. The minimum absolute atomic E-state index is 0.144. The number of aromatic nitrogens is 3. The molecule has 0 saturated heterocycles. The van der Waals surface area contributed by atoms with Gasteiger partial charge in [0.25, 0.3) is 0 Å². The molecule has 114 valence electrons. The third-order valence-electron chi connectivity index (χ3n) is 3.54. The Bertz CT molecular complexity index is 581. The summed E-state index contributed by atoms with van der Waals surface area (Å²) in [5, 5.41) is 8.45. The predicted molar refractivity (Wildman–Crippen MR) is 83.9 cm³/mol. The van der Waals surface area contributed by atoms with Crippen LogP contribution in [0.15, 0.2) is 24.3 Å². The van der Waals surface area contributed by atoms with Crippen molar-refractivity contribution in [3.05, 3.63) is 35.7 Å². The zero-order valence-electron chi connectivity index (χ0n) is 13.3. The van der Waals surface area contributed by atoms with Crippen LogP contribution < -0.4 is 5.73 Å². The van der Waals surface area contributed by atoms with Gasteiger partial charge in [-0.3, -0.25) is 0 Å². The van der Waals surface area contributed by atoms with Crippen molar-refractivity contribution in [3.63, 3.8) is 0 Å². The van der Waals surface area contributed by atoms with Gasteiger partial charge < -0.3 is 15.0 Å². The fraction of sp³-hybridized carbons (Fsp3) is 0.500. The number of hydrogen-bond donors (Lipinski definition) is 1. The highest BCUT2D eigenvalue weighted by atomic mass is 16.5. The van der Waals surface area contributed by atoms with Crippen molar-refractivity contribution in [3.8, 4) is 11.4 Å². The normalized spacial score (nSPS) is 11.9. The molecule has 2 N–H and O–H groups in total. The van der Waals surface area contributed by atoms with Crippen molar-refractivity contribution in [2.45, 2.75) is 39.3 Å². The van der Waals surface area contributed by atoms with Crippen LogP contribution in [0.5, 0.6) is 0 Å². The van der Waals surface area contributed by atoms with Gasteiger partial charge in [0.2, 0.25) is 0 Å². The zero-order chi connectivity index (χ0) is 15.5. The summed E-state index contributed by atoms with van der Waals surface area (Å²) in [6.45, 7) is 8.29. The van der Waals surface area contributed by atoms with Gasteiger partial charge in [0.1, 0.15) is 5.82 Å². The Morgan fingerprint density at radius 1 is 1.14 bits per heavy atom. The molecule has 0 aliphatic heterocycles. The van der Waals surface area contributed by atoms with Gasteiger partial charge in [-0.25, -0.2) is 0 Å². The Balaban J connectivity index is 2.35. The second kappa shape index (κ2) is 6.37. The Hall–Kier alpha value is -1.72. The van der Waals surface area contributed by atoms with Crippen LogP contribution in [-0.2, 0) is 23.2 Å². The summed E-state index contributed by atoms with van der Waals surface area (Å²) < 4.78 is 7.18. The molecule has 1 aromatic heterocycles. The summed E-state index contributed by atoms with van der Waals surface area (Å²) >= 11 is 0. The summed E-state index contributed by atoms with van der Waals surface area (Å²) in [7, 11) is 1.68. The molecule has 2 aromatic rings. The van der Waals surface area contributed by atoms with Crippen LogP contribution in [0.2, 0.25) is 0 Å². The molecule has 0 atom stereocenters. The Morgan fingerprint density at radius 3 is 2.33 bits per heavy atom. The van der Waals surface area contributed by atoms with Crippen molar-refractivity contribution in [2.24, 2.45) is 5.73 Å². The lowest BCUT2D eigenvalue weighted by Crippen LogP contribution is -2.13. The van der Waals surface area contributed by atoms with E-state index >= 15 is 0 Å². The van der Waals surface area contributed by atoms with E-state index in [4.69, 9.17) is 10.5 Å². The molecule has 0 radical (unpaired) electrons.